The molecular formula is C13H16Cl2O. The van der Waals surface area contributed by atoms with Gasteiger partial charge in [-0.2, -0.15) is 0 Å². The predicted molar refractivity (Wildman–Crippen MR) is 68.4 cm³/mol. The minimum absolute atomic E-state index is 0.428. The van der Waals surface area contributed by atoms with Gasteiger partial charge in [0.1, 0.15) is 0 Å². The van der Waals surface area contributed by atoms with Crippen molar-refractivity contribution in [2.45, 2.75) is 44.8 Å². The van der Waals surface area contributed by atoms with Crippen LogP contribution in [0.1, 0.15) is 38.2 Å². The molecule has 0 N–H and O–H groups in total. The van der Waals surface area contributed by atoms with Crippen LogP contribution < -0.4 is 0 Å². The molecule has 0 saturated carbocycles. The Morgan fingerprint density at radius 1 is 1.31 bits per heavy atom. The first-order valence-electron chi connectivity index (χ1n) is 5.72. The van der Waals surface area contributed by atoms with Gasteiger partial charge in [-0.1, -0.05) is 36.2 Å². The molecule has 1 nitrogen and oxygen atoms in total. The molecule has 1 fully saturated rings. The molecular weight excluding hydrogens is 243 g/mol. The van der Waals surface area contributed by atoms with Gasteiger partial charge in [-0.25, -0.2) is 0 Å². The number of rotatable bonds is 4. The third kappa shape index (κ3) is 2.71. The van der Waals surface area contributed by atoms with Gasteiger partial charge in [0, 0.05) is 0 Å². The second kappa shape index (κ2) is 4.95. The van der Waals surface area contributed by atoms with E-state index in [4.69, 9.17) is 27.9 Å². The zero-order chi connectivity index (χ0) is 11.7. The Morgan fingerprint density at radius 3 is 2.50 bits per heavy atom. The van der Waals surface area contributed by atoms with Gasteiger partial charge in [-0.15, -0.1) is 0 Å². The summed E-state index contributed by atoms with van der Waals surface area (Å²) in [6.45, 7) is 4.31. The number of epoxide rings is 1. The highest BCUT2D eigenvalue weighted by atomic mass is 35.5. The minimum atomic E-state index is 0.428. The normalized spacial score (nSPS) is 25.5. The largest absolute Gasteiger partial charge is 0.370 e. The van der Waals surface area contributed by atoms with E-state index in [2.05, 4.69) is 19.9 Å². The summed E-state index contributed by atoms with van der Waals surface area (Å²) in [5.41, 5.74) is 1.26. The number of hydrogen-bond acceptors (Lipinski definition) is 1. The maximum atomic E-state index is 6.03. The van der Waals surface area contributed by atoms with Crippen LogP contribution in [0.5, 0.6) is 0 Å². The van der Waals surface area contributed by atoms with Gasteiger partial charge >= 0.3 is 0 Å². The van der Waals surface area contributed by atoms with Gasteiger partial charge in [0.25, 0.3) is 0 Å². The summed E-state index contributed by atoms with van der Waals surface area (Å²) in [5.74, 6) is 0.518. The van der Waals surface area contributed by atoms with Crippen LogP contribution in [0.3, 0.4) is 0 Å². The third-order valence-electron chi connectivity index (χ3n) is 3.26. The quantitative estimate of drug-likeness (QED) is 0.716. The third-order valence-corrected chi connectivity index (χ3v) is 4.00. The number of halogens is 2. The van der Waals surface area contributed by atoms with Crippen LogP contribution in [-0.4, -0.2) is 12.2 Å². The highest BCUT2D eigenvalue weighted by Crippen LogP contribution is 2.36. The molecule has 1 aromatic rings. The van der Waals surface area contributed by atoms with Crippen LogP contribution in [0.25, 0.3) is 0 Å². The maximum absolute atomic E-state index is 6.03. The first kappa shape index (κ1) is 12.2. The average Bonchev–Trinajstić information content (AvgIpc) is 2.95. The average molecular weight is 259 g/mol. The van der Waals surface area contributed by atoms with E-state index in [0.717, 1.165) is 12.8 Å². The summed E-state index contributed by atoms with van der Waals surface area (Å²) in [6, 6.07) is 5.92. The monoisotopic (exact) mass is 258 g/mol. The van der Waals surface area contributed by atoms with Crippen molar-refractivity contribution in [3.8, 4) is 0 Å². The molecule has 3 atom stereocenters. The van der Waals surface area contributed by atoms with Gasteiger partial charge < -0.3 is 4.74 Å². The molecule has 16 heavy (non-hydrogen) atoms. The smallest absolute Gasteiger partial charge is 0.0844 e. The van der Waals surface area contributed by atoms with Crippen LogP contribution >= 0.6 is 23.2 Å². The molecule has 3 unspecified atom stereocenters. The summed E-state index contributed by atoms with van der Waals surface area (Å²) in [4.78, 5) is 0. The van der Waals surface area contributed by atoms with Crippen molar-refractivity contribution in [2.75, 3.05) is 0 Å². The highest BCUT2D eigenvalue weighted by molar-refractivity contribution is 6.42. The van der Waals surface area contributed by atoms with Crippen LogP contribution in [0.4, 0.5) is 0 Å². The number of hydrogen-bond donors (Lipinski definition) is 0. The van der Waals surface area contributed by atoms with Crippen molar-refractivity contribution >= 4 is 23.2 Å². The molecule has 1 aromatic carbocycles. The lowest BCUT2D eigenvalue weighted by Gasteiger charge is -2.14. The van der Waals surface area contributed by atoms with E-state index in [1.165, 1.54) is 5.56 Å². The van der Waals surface area contributed by atoms with Crippen molar-refractivity contribution in [3.63, 3.8) is 0 Å². The van der Waals surface area contributed by atoms with E-state index in [0.29, 0.717) is 28.2 Å². The van der Waals surface area contributed by atoms with E-state index in [1.807, 2.05) is 12.1 Å². The molecule has 3 heteroatoms. The summed E-state index contributed by atoms with van der Waals surface area (Å²) in [6.07, 6.45) is 3.04. The Hall–Kier alpha value is -0.240. The lowest BCUT2D eigenvalue weighted by atomic mass is 9.91. The molecule has 1 saturated heterocycles. The zero-order valence-corrected chi connectivity index (χ0v) is 11.1. The van der Waals surface area contributed by atoms with Crippen molar-refractivity contribution in [1.29, 1.82) is 0 Å². The molecule has 1 heterocycles. The van der Waals surface area contributed by atoms with Crippen molar-refractivity contribution in [1.82, 2.24) is 0 Å². The maximum Gasteiger partial charge on any atom is 0.0844 e. The van der Waals surface area contributed by atoms with Crippen molar-refractivity contribution in [3.05, 3.63) is 33.8 Å². The van der Waals surface area contributed by atoms with E-state index >= 15 is 0 Å². The van der Waals surface area contributed by atoms with Crippen molar-refractivity contribution in [2.24, 2.45) is 0 Å². The molecule has 0 spiro atoms. The fourth-order valence-corrected chi connectivity index (χ4v) is 2.37. The lowest BCUT2D eigenvalue weighted by Crippen LogP contribution is -2.03. The molecule has 1 aliphatic rings. The summed E-state index contributed by atoms with van der Waals surface area (Å²) in [5, 5.41) is 1.26. The van der Waals surface area contributed by atoms with Crippen LogP contribution in [0, 0.1) is 0 Å². The Bertz CT molecular complexity index is 378. The van der Waals surface area contributed by atoms with Crippen molar-refractivity contribution < 1.29 is 4.74 Å². The molecule has 0 bridgehead atoms. The number of benzene rings is 1. The molecule has 0 amide bonds. The van der Waals surface area contributed by atoms with Gasteiger partial charge in [-0.05, 0) is 43.4 Å². The van der Waals surface area contributed by atoms with Crippen LogP contribution in [0.15, 0.2) is 18.2 Å². The molecule has 2 rings (SSSR count). The van der Waals surface area contributed by atoms with E-state index in [9.17, 15) is 0 Å². The first-order valence-corrected chi connectivity index (χ1v) is 6.47. The van der Waals surface area contributed by atoms with Gasteiger partial charge in [0.15, 0.2) is 0 Å². The Labute approximate surface area is 107 Å². The zero-order valence-electron chi connectivity index (χ0n) is 9.54. The molecule has 0 aliphatic carbocycles. The van der Waals surface area contributed by atoms with Gasteiger partial charge in [0.2, 0.25) is 0 Å². The first-order chi connectivity index (χ1) is 7.61. The lowest BCUT2D eigenvalue weighted by molar-refractivity contribution is 0.357. The Balaban J connectivity index is 2.10. The van der Waals surface area contributed by atoms with Crippen LogP contribution in [-0.2, 0) is 4.74 Å². The minimum Gasteiger partial charge on any atom is -0.370 e. The summed E-state index contributed by atoms with van der Waals surface area (Å²) < 4.78 is 5.47. The molecule has 0 aromatic heterocycles. The van der Waals surface area contributed by atoms with E-state index in [1.54, 1.807) is 0 Å². The van der Waals surface area contributed by atoms with E-state index in [-0.39, 0.29) is 0 Å². The molecule has 88 valence electrons. The highest BCUT2D eigenvalue weighted by Gasteiger charge is 2.35. The summed E-state index contributed by atoms with van der Waals surface area (Å²) in [7, 11) is 0. The van der Waals surface area contributed by atoms with Crippen LogP contribution in [0.2, 0.25) is 10.0 Å². The topological polar surface area (TPSA) is 12.5 Å². The Morgan fingerprint density at radius 2 is 2.00 bits per heavy atom. The van der Waals surface area contributed by atoms with E-state index < -0.39 is 0 Å². The standard InChI is InChI=1S/C13H16Cl2O/c1-3-9(7-13-8(2)16-13)10-4-5-11(14)12(15)6-10/h4-6,8-9,13H,3,7H2,1-2H3. The Kier molecular flexibility index (Phi) is 3.78. The fourth-order valence-electron chi connectivity index (χ4n) is 2.06. The second-order valence-electron chi connectivity index (χ2n) is 4.39. The second-order valence-corrected chi connectivity index (χ2v) is 5.21. The summed E-state index contributed by atoms with van der Waals surface area (Å²) >= 11 is 11.9. The molecule has 1 aliphatic heterocycles. The van der Waals surface area contributed by atoms with Gasteiger partial charge in [0.05, 0.1) is 22.3 Å². The molecule has 0 radical (unpaired) electrons. The SMILES string of the molecule is CCC(CC1OC1C)c1ccc(Cl)c(Cl)c1. The fraction of sp³-hybridized carbons (Fsp3) is 0.538. The number of ether oxygens (including phenoxy) is 1. The predicted octanol–water partition coefficient (Wildman–Crippen LogP) is 4.66. The van der Waals surface area contributed by atoms with Gasteiger partial charge in [-0.3, -0.25) is 0 Å².